The van der Waals surface area contributed by atoms with E-state index in [0.29, 0.717) is 38.2 Å². The zero-order valence-corrected chi connectivity index (χ0v) is 15.6. The Morgan fingerprint density at radius 2 is 1.62 bits per heavy atom. The highest BCUT2D eigenvalue weighted by Crippen LogP contribution is 2.22. The molecule has 0 aromatic heterocycles. The number of anilines is 2. The number of para-hydroxylation sites is 2. The van der Waals surface area contributed by atoms with Crippen molar-refractivity contribution in [3.63, 3.8) is 0 Å². The number of rotatable bonds is 4. The second-order valence-corrected chi connectivity index (χ2v) is 8.33. The lowest BCUT2D eigenvalue weighted by Gasteiger charge is -2.22. The molecule has 0 radical (unpaired) electrons. The molecular formula is C19H23N3O3S. The lowest BCUT2D eigenvalue weighted by atomic mass is 10.1. The minimum atomic E-state index is -3.23. The highest BCUT2D eigenvalue weighted by atomic mass is 32.2. The molecule has 6 nitrogen and oxygen atoms in total. The van der Waals surface area contributed by atoms with Crippen molar-refractivity contribution in [1.82, 2.24) is 9.21 Å². The van der Waals surface area contributed by atoms with E-state index in [0.717, 1.165) is 11.4 Å². The summed E-state index contributed by atoms with van der Waals surface area (Å²) in [7, 11) is -3.23. The number of hydrogen-bond donors (Lipinski definition) is 1. The number of sulfonamides is 1. The fourth-order valence-corrected chi connectivity index (χ4v) is 3.93. The van der Waals surface area contributed by atoms with Crippen molar-refractivity contribution in [2.45, 2.75) is 6.42 Å². The predicted molar refractivity (Wildman–Crippen MR) is 103 cm³/mol. The predicted octanol–water partition coefficient (Wildman–Crippen LogP) is 2.54. The van der Waals surface area contributed by atoms with Crippen molar-refractivity contribution in [2.75, 3.05) is 37.8 Å². The largest absolute Gasteiger partial charge is 0.355 e. The molecule has 0 unspecified atom stereocenters. The highest BCUT2D eigenvalue weighted by molar-refractivity contribution is 7.88. The molecular weight excluding hydrogens is 350 g/mol. The summed E-state index contributed by atoms with van der Waals surface area (Å²) < 4.78 is 24.9. The number of amides is 1. The quantitative estimate of drug-likeness (QED) is 0.894. The van der Waals surface area contributed by atoms with Crippen LogP contribution in [0.3, 0.4) is 0 Å². The van der Waals surface area contributed by atoms with Crippen LogP contribution in [0.5, 0.6) is 0 Å². The Hall–Kier alpha value is -2.38. The average Bonchev–Trinajstić information content (AvgIpc) is 2.89. The maximum Gasteiger partial charge on any atom is 0.256 e. The van der Waals surface area contributed by atoms with Crippen molar-refractivity contribution >= 4 is 27.3 Å². The molecule has 1 aliphatic heterocycles. The Labute approximate surface area is 154 Å². The summed E-state index contributed by atoms with van der Waals surface area (Å²) in [4.78, 5) is 14.8. The molecule has 1 heterocycles. The lowest BCUT2D eigenvalue weighted by molar-refractivity contribution is 0.0765. The van der Waals surface area contributed by atoms with Crippen LogP contribution in [0, 0.1) is 0 Å². The number of benzene rings is 2. The molecule has 0 bridgehead atoms. The second kappa shape index (κ2) is 7.88. The van der Waals surface area contributed by atoms with Gasteiger partial charge in [-0.1, -0.05) is 30.3 Å². The van der Waals surface area contributed by atoms with Gasteiger partial charge in [-0.15, -0.1) is 0 Å². The normalized spacial score (nSPS) is 16.1. The molecule has 26 heavy (non-hydrogen) atoms. The molecule has 1 aliphatic rings. The monoisotopic (exact) mass is 373 g/mol. The Balaban J connectivity index is 1.78. The van der Waals surface area contributed by atoms with Crippen molar-refractivity contribution in [3.05, 3.63) is 60.2 Å². The zero-order chi connectivity index (χ0) is 18.6. The molecule has 1 saturated heterocycles. The molecule has 138 valence electrons. The smallest absolute Gasteiger partial charge is 0.256 e. The minimum Gasteiger partial charge on any atom is -0.355 e. The SMILES string of the molecule is CS(=O)(=O)N1CCCN(C(=O)c2ccccc2Nc2ccccc2)CC1. The molecule has 1 N–H and O–H groups in total. The van der Waals surface area contributed by atoms with Gasteiger partial charge in [-0.25, -0.2) is 12.7 Å². The number of nitrogens with one attached hydrogen (secondary N) is 1. The summed E-state index contributed by atoms with van der Waals surface area (Å²) in [5.41, 5.74) is 2.24. The van der Waals surface area contributed by atoms with E-state index in [1.165, 1.54) is 10.6 Å². The molecule has 0 spiro atoms. The van der Waals surface area contributed by atoms with Crippen LogP contribution in [-0.2, 0) is 10.0 Å². The summed E-state index contributed by atoms with van der Waals surface area (Å²) in [6.45, 7) is 1.72. The van der Waals surface area contributed by atoms with Gasteiger partial charge in [0.1, 0.15) is 0 Å². The molecule has 0 saturated carbocycles. The van der Waals surface area contributed by atoms with Crippen LogP contribution >= 0.6 is 0 Å². The summed E-state index contributed by atoms with van der Waals surface area (Å²) >= 11 is 0. The van der Waals surface area contributed by atoms with Gasteiger partial charge in [0.15, 0.2) is 0 Å². The van der Waals surface area contributed by atoms with Gasteiger partial charge >= 0.3 is 0 Å². The van der Waals surface area contributed by atoms with E-state index in [4.69, 9.17) is 0 Å². The van der Waals surface area contributed by atoms with Crippen LogP contribution in [0.15, 0.2) is 54.6 Å². The van der Waals surface area contributed by atoms with Crippen molar-refractivity contribution in [3.8, 4) is 0 Å². The number of carbonyl (C=O) groups excluding carboxylic acids is 1. The van der Waals surface area contributed by atoms with Crippen molar-refractivity contribution < 1.29 is 13.2 Å². The lowest BCUT2D eigenvalue weighted by Crippen LogP contribution is -2.37. The van der Waals surface area contributed by atoms with Gasteiger partial charge in [0.05, 0.1) is 17.5 Å². The third-order valence-electron chi connectivity index (χ3n) is 4.42. The first-order valence-corrected chi connectivity index (χ1v) is 10.5. The van der Waals surface area contributed by atoms with E-state index in [1.54, 1.807) is 11.0 Å². The van der Waals surface area contributed by atoms with Crippen molar-refractivity contribution in [1.29, 1.82) is 0 Å². The Morgan fingerprint density at radius 1 is 0.923 bits per heavy atom. The van der Waals surface area contributed by atoms with Gasteiger partial charge in [0.25, 0.3) is 5.91 Å². The first-order valence-electron chi connectivity index (χ1n) is 8.60. The Kier molecular flexibility index (Phi) is 5.58. The Bertz CT molecular complexity index is 869. The van der Waals surface area contributed by atoms with Crippen LogP contribution in [-0.4, -0.2) is 56.0 Å². The van der Waals surface area contributed by atoms with E-state index < -0.39 is 10.0 Å². The van der Waals surface area contributed by atoms with E-state index in [9.17, 15) is 13.2 Å². The third kappa shape index (κ3) is 4.42. The molecule has 0 atom stereocenters. The fourth-order valence-electron chi connectivity index (χ4n) is 3.05. The first kappa shape index (κ1) is 18.4. The molecule has 3 rings (SSSR count). The highest BCUT2D eigenvalue weighted by Gasteiger charge is 2.25. The maximum atomic E-state index is 13.0. The first-order chi connectivity index (χ1) is 12.4. The number of hydrogen-bond acceptors (Lipinski definition) is 4. The molecule has 0 aliphatic carbocycles. The van der Waals surface area contributed by atoms with Gasteiger partial charge in [-0.05, 0) is 30.7 Å². The molecule has 7 heteroatoms. The van der Waals surface area contributed by atoms with Crippen LogP contribution in [0.2, 0.25) is 0 Å². The fraction of sp³-hybridized carbons (Fsp3) is 0.316. The molecule has 2 aromatic carbocycles. The van der Waals surface area contributed by atoms with Crippen LogP contribution in [0.4, 0.5) is 11.4 Å². The van der Waals surface area contributed by atoms with Crippen LogP contribution in [0.1, 0.15) is 16.8 Å². The van der Waals surface area contributed by atoms with Crippen LogP contribution in [0.25, 0.3) is 0 Å². The minimum absolute atomic E-state index is 0.0839. The number of nitrogens with zero attached hydrogens (tertiary/aromatic N) is 2. The molecule has 2 aromatic rings. The Morgan fingerprint density at radius 3 is 2.35 bits per heavy atom. The van der Waals surface area contributed by atoms with E-state index in [1.807, 2.05) is 48.5 Å². The number of carbonyl (C=O) groups is 1. The van der Waals surface area contributed by atoms with Gasteiger partial charge in [0.2, 0.25) is 10.0 Å². The standard InChI is InChI=1S/C19H23N3O3S/c1-26(24,25)22-13-7-12-21(14-15-22)19(23)17-10-5-6-11-18(17)20-16-8-3-2-4-9-16/h2-6,8-11,20H,7,12-15H2,1H3. The second-order valence-electron chi connectivity index (χ2n) is 6.34. The van der Waals surface area contributed by atoms with Gasteiger partial charge in [-0.3, -0.25) is 4.79 Å². The van der Waals surface area contributed by atoms with Gasteiger partial charge in [0, 0.05) is 31.9 Å². The summed E-state index contributed by atoms with van der Waals surface area (Å²) in [5, 5.41) is 3.29. The molecule has 1 amide bonds. The zero-order valence-electron chi connectivity index (χ0n) is 14.8. The molecule has 1 fully saturated rings. The van der Waals surface area contributed by atoms with Crippen LogP contribution < -0.4 is 5.32 Å². The van der Waals surface area contributed by atoms with E-state index in [-0.39, 0.29) is 5.91 Å². The maximum absolute atomic E-state index is 13.0. The van der Waals surface area contributed by atoms with E-state index in [2.05, 4.69) is 5.32 Å². The van der Waals surface area contributed by atoms with Crippen molar-refractivity contribution in [2.24, 2.45) is 0 Å². The summed E-state index contributed by atoms with van der Waals surface area (Å²) in [6.07, 6.45) is 1.84. The average molecular weight is 373 g/mol. The van der Waals surface area contributed by atoms with Gasteiger partial charge < -0.3 is 10.2 Å². The van der Waals surface area contributed by atoms with E-state index >= 15 is 0 Å². The van der Waals surface area contributed by atoms with Gasteiger partial charge in [-0.2, -0.15) is 0 Å². The summed E-state index contributed by atoms with van der Waals surface area (Å²) in [5.74, 6) is -0.0839. The third-order valence-corrected chi connectivity index (χ3v) is 5.72. The summed E-state index contributed by atoms with van der Waals surface area (Å²) in [6, 6.07) is 17.1. The topological polar surface area (TPSA) is 69.7 Å².